The van der Waals surface area contributed by atoms with Crippen molar-refractivity contribution in [1.29, 1.82) is 0 Å². The third-order valence-corrected chi connectivity index (χ3v) is 4.53. The summed E-state index contributed by atoms with van der Waals surface area (Å²) in [5.74, 6) is 0.225. The predicted molar refractivity (Wildman–Crippen MR) is 81.9 cm³/mol. The average molecular weight is 288 g/mol. The molecule has 2 atom stereocenters. The summed E-state index contributed by atoms with van der Waals surface area (Å²) in [6, 6.07) is 10.3. The van der Waals surface area contributed by atoms with Gasteiger partial charge in [-0.15, -0.1) is 0 Å². The second kappa shape index (κ2) is 6.16. The van der Waals surface area contributed by atoms with Crippen LogP contribution in [0.15, 0.2) is 30.3 Å². The lowest BCUT2D eigenvalue weighted by molar-refractivity contribution is -0.132. The van der Waals surface area contributed by atoms with Gasteiger partial charge >= 0.3 is 0 Å². The highest BCUT2D eigenvalue weighted by Crippen LogP contribution is 2.27. The summed E-state index contributed by atoms with van der Waals surface area (Å²) in [5.41, 5.74) is 1.14. The Labute approximate surface area is 126 Å². The largest absolute Gasteiger partial charge is 0.373 e. The zero-order valence-corrected chi connectivity index (χ0v) is 12.7. The highest BCUT2D eigenvalue weighted by Gasteiger charge is 2.38. The maximum Gasteiger partial charge on any atom is 0.240 e. The van der Waals surface area contributed by atoms with Gasteiger partial charge in [0, 0.05) is 6.61 Å². The smallest absolute Gasteiger partial charge is 0.240 e. The maximum atomic E-state index is 12.5. The molecular formula is C17H24N2O2. The number of hydrogen-bond donors (Lipinski definition) is 1. The van der Waals surface area contributed by atoms with Gasteiger partial charge < -0.3 is 9.64 Å². The summed E-state index contributed by atoms with van der Waals surface area (Å²) in [4.78, 5) is 14.4. The molecule has 21 heavy (non-hydrogen) atoms. The van der Waals surface area contributed by atoms with E-state index in [2.05, 4.69) is 24.4 Å². The predicted octanol–water partition coefficient (Wildman–Crippen LogP) is 1.95. The minimum atomic E-state index is -0.147. The lowest BCUT2D eigenvalue weighted by Crippen LogP contribution is -2.42. The Morgan fingerprint density at radius 1 is 1.38 bits per heavy atom. The SMILES string of the molecule is CC1(CN2CNC(CCc3ccccc3)C2=O)CCCO1. The normalized spacial score (nSPS) is 29.3. The van der Waals surface area contributed by atoms with Crippen molar-refractivity contribution in [1.82, 2.24) is 10.2 Å². The molecule has 0 radical (unpaired) electrons. The molecule has 2 fully saturated rings. The van der Waals surface area contributed by atoms with E-state index < -0.39 is 0 Å². The van der Waals surface area contributed by atoms with Crippen LogP contribution in [0.5, 0.6) is 0 Å². The van der Waals surface area contributed by atoms with E-state index in [9.17, 15) is 4.79 Å². The van der Waals surface area contributed by atoms with Gasteiger partial charge in [-0.05, 0) is 38.2 Å². The molecule has 1 aromatic rings. The molecule has 4 nitrogen and oxygen atoms in total. The minimum Gasteiger partial charge on any atom is -0.373 e. The molecule has 2 aliphatic heterocycles. The van der Waals surface area contributed by atoms with Crippen molar-refractivity contribution in [2.45, 2.75) is 44.2 Å². The molecule has 2 heterocycles. The Kier molecular flexibility index (Phi) is 4.27. The molecule has 2 unspecified atom stereocenters. The summed E-state index contributed by atoms with van der Waals surface area (Å²) in [5, 5.41) is 3.34. The fourth-order valence-electron chi connectivity index (χ4n) is 3.29. The Morgan fingerprint density at radius 2 is 2.19 bits per heavy atom. The van der Waals surface area contributed by atoms with Crippen LogP contribution >= 0.6 is 0 Å². The van der Waals surface area contributed by atoms with Gasteiger partial charge in [0.1, 0.15) is 0 Å². The lowest BCUT2D eigenvalue weighted by atomic mass is 10.0. The summed E-state index contributed by atoms with van der Waals surface area (Å²) >= 11 is 0. The minimum absolute atomic E-state index is 0.0461. The fraction of sp³-hybridized carbons (Fsp3) is 0.588. The monoisotopic (exact) mass is 288 g/mol. The Morgan fingerprint density at radius 3 is 2.90 bits per heavy atom. The Balaban J connectivity index is 1.51. The number of rotatable bonds is 5. The number of hydrogen-bond acceptors (Lipinski definition) is 3. The molecule has 3 rings (SSSR count). The first-order valence-corrected chi connectivity index (χ1v) is 7.86. The third kappa shape index (κ3) is 3.44. The van der Waals surface area contributed by atoms with E-state index in [1.165, 1.54) is 5.56 Å². The second-order valence-electron chi connectivity index (χ2n) is 6.38. The molecule has 0 bridgehead atoms. The summed E-state index contributed by atoms with van der Waals surface area (Å²) in [6.45, 7) is 4.30. The number of amides is 1. The van der Waals surface area contributed by atoms with E-state index in [0.717, 1.165) is 32.3 Å². The van der Waals surface area contributed by atoms with Crippen LogP contribution < -0.4 is 5.32 Å². The van der Waals surface area contributed by atoms with Crippen molar-refractivity contribution < 1.29 is 9.53 Å². The lowest BCUT2D eigenvalue weighted by Gasteiger charge is -2.28. The maximum absolute atomic E-state index is 12.5. The molecule has 0 spiro atoms. The van der Waals surface area contributed by atoms with Gasteiger partial charge in [0.15, 0.2) is 0 Å². The van der Waals surface area contributed by atoms with Crippen LogP contribution in [-0.4, -0.2) is 42.3 Å². The molecule has 2 aliphatic rings. The van der Waals surface area contributed by atoms with Crippen LogP contribution in [0.3, 0.4) is 0 Å². The second-order valence-corrected chi connectivity index (χ2v) is 6.38. The topological polar surface area (TPSA) is 41.6 Å². The van der Waals surface area contributed by atoms with Gasteiger partial charge in [-0.3, -0.25) is 10.1 Å². The van der Waals surface area contributed by atoms with Crippen molar-refractivity contribution in [3.63, 3.8) is 0 Å². The first kappa shape index (κ1) is 14.5. The number of benzene rings is 1. The number of nitrogens with one attached hydrogen (secondary N) is 1. The molecule has 1 amide bonds. The zero-order valence-electron chi connectivity index (χ0n) is 12.7. The van der Waals surface area contributed by atoms with E-state index in [1.54, 1.807) is 0 Å². The van der Waals surface area contributed by atoms with Gasteiger partial charge in [-0.25, -0.2) is 0 Å². The molecule has 0 aromatic heterocycles. The van der Waals surface area contributed by atoms with Crippen LogP contribution in [0.1, 0.15) is 31.7 Å². The highest BCUT2D eigenvalue weighted by atomic mass is 16.5. The first-order valence-electron chi connectivity index (χ1n) is 7.86. The van der Waals surface area contributed by atoms with Crippen molar-refractivity contribution >= 4 is 5.91 Å². The summed E-state index contributed by atoms with van der Waals surface area (Å²) in [6.07, 6.45) is 3.94. The highest BCUT2D eigenvalue weighted by molar-refractivity contribution is 5.83. The van der Waals surface area contributed by atoms with Gasteiger partial charge in [0.25, 0.3) is 0 Å². The van der Waals surface area contributed by atoms with Gasteiger partial charge in [-0.2, -0.15) is 0 Å². The van der Waals surface area contributed by atoms with Crippen LogP contribution in [0.2, 0.25) is 0 Å². The zero-order chi connectivity index (χ0) is 14.7. The van der Waals surface area contributed by atoms with Crippen LogP contribution in [-0.2, 0) is 16.0 Å². The molecular weight excluding hydrogens is 264 g/mol. The van der Waals surface area contributed by atoms with Gasteiger partial charge in [0.2, 0.25) is 5.91 Å². The van der Waals surface area contributed by atoms with E-state index in [0.29, 0.717) is 13.2 Å². The molecule has 4 heteroatoms. The standard InChI is InChI=1S/C17H24N2O2/c1-17(10-5-11-21-17)12-19-13-18-15(16(19)20)9-8-14-6-3-2-4-7-14/h2-4,6-7,15,18H,5,8-13H2,1H3. The number of nitrogens with zero attached hydrogens (tertiary/aromatic N) is 1. The van der Waals surface area contributed by atoms with Crippen molar-refractivity contribution in [2.24, 2.45) is 0 Å². The summed E-state index contributed by atoms with van der Waals surface area (Å²) in [7, 11) is 0. The van der Waals surface area contributed by atoms with Crippen LogP contribution in [0, 0.1) is 0 Å². The van der Waals surface area contributed by atoms with E-state index in [4.69, 9.17) is 4.74 Å². The van der Waals surface area contributed by atoms with E-state index in [-0.39, 0.29) is 17.6 Å². The Bertz CT molecular complexity index is 483. The van der Waals surface area contributed by atoms with Gasteiger partial charge in [-0.1, -0.05) is 30.3 Å². The quantitative estimate of drug-likeness (QED) is 0.900. The van der Waals surface area contributed by atoms with Gasteiger partial charge in [0.05, 0.1) is 24.9 Å². The molecule has 0 aliphatic carbocycles. The molecule has 114 valence electrons. The first-order chi connectivity index (χ1) is 10.2. The number of ether oxygens (including phenoxy) is 1. The molecule has 1 aromatic carbocycles. The van der Waals surface area contributed by atoms with Crippen molar-refractivity contribution in [3.8, 4) is 0 Å². The van der Waals surface area contributed by atoms with Crippen LogP contribution in [0.25, 0.3) is 0 Å². The van der Waals surface area contributed by atoms with Crippen molar-refractivity contribution in [2.75, 3.05) is 19.8 Å². The number of carbonyl (C=O) groups is 1. The Hall–Kier alpha value is -1.39. The van der Waals surface area contributed by atoms with E-state index >= 15 is 0 Å². The molecule has 2 saturated heterocycles. The number of aryl methyl sites for hydroxylation is 1. The summed E-state index contributed by atoms with van der Waals surface area (Å²) < 4.78 is 5.79. The third-order valence-electron chi connectivity index (χ3n) is 4.53. The van der Waals surface area contributed by atoms with Crippen molar-refractivity contribution in [3.05, 3.63) is 35.9 Å². The number of carbonyl (C=O) groups excluding carboxylic acids is 1. The van der Waals surface area contributed by atoms with E-state index in [1.807, 2.05) is 23.1 Å². The molecule has 1 N–H and O–H groups in total. The fourth-order valence-corrected chi connectivity index (χ4v) is 3.29. The average Bonchev–Trinajstić information content (AvgIpc) is 3.06. The van der Waals surface area contributed by atoms with Crippen LogP contribution in [0.4, 0.5) is 0 Å². The molecule has 0 saturated carbocycles.